The predicted molar refractivity (Wildman–Crippen MR) is 91.0 cm³/mol. The summed E-state index contributed by atoms with van der Waals surface area (Å²) in [5.41, 5.74) is 1.36. The zero-order valence-corrected chi connectivity index (χ0v) is 13.6. The molecule has 0 fully saturated rings. The Morgan fingerprint density at radius 1 is 1.25 bits per heavy atom. The maximum absolute atomic E-state index is 11.9. The van der Waals surface area contributed by atoms with E-state index in [1.54, 1.807) is 0 Å². The molecule has 2 rings (SSSR count). The average Bonchev–Trinajstić information content (AvgIpc) is 2.55. The summed E-state index contributed by atoms with van der Waals surface area (Å²) in [6, 6.07) is 13.5. The molecule has 0 aliphatic carbocycles. The molecule has 0 radical (unpaired) electrons. The zero-order valence-electron chi connectivity index (χ0n) is 12.8. The SMILES string of the molecule is O=C(Cc1ccc([N+](=O)[O-])cc1Cl)NC[C@H](O)Cc1ccccc1. The highest BCUT2D eigenvalue weighted by Crippen LogP contribution is 2.22. The van der Waals surface area contributed by atoms with Crippen LogP contribution in [-0.4, -0.2) is 28.6 Å². The molecule has 0 saturated carbocycles. The summed E-state index contributed by atoms with van der Waals surface area (Å²) in [6.07, 6.45) is -0.252. The first-order chi connectivity index (χ1) is 11.5. The smallest absolute Gasteiger partial charge is 0.270 e. The molecule has 2 aromatic rings. The van der Waals surface area contributed by atoms with Crippen LogP contribution in [0, 0.1) is 10.1 Å². The van der Waals surface area contributed by atoms with Crippen LogP contribution < -0.4 is 5.32 Å². The van der Waals surface area contributed by atoms with Crippen molar-refractivity contribution >= 4 is 23.2 Å². The summed E-state index contributed by atoms with van der Waals surface area (Å²) in [5.74, 6) is -0.308. The number of hydrogen-bond donors (Lipinski definition) is 2. The quantitative estimate of drug-likeness (QED) is 0.594. The van der Waals surface area contributed by atoms with Crippen molar-refractivity contribution in [2.45, 2.75) is 18.9 Å². The minimum absolute atomic E-state index is 0.00507. The molecule has 0 spiro atoms. The van der Waals surface area contributed by atoms with Gasteiger partial charge < -0.3 is 10.4 Å². The molecule has 0 aliphatic heterocycles. The molecule has 0 bridgehead atoms. The van der Waals surface area contributed by atoms with Crippen molar-refractivity contribution in [3.8, 4) is 0 Å². The minimum Gasteiger partial charge on any atom is -0.391 e. The molecule has 1 atom stereocenters. The Balaban J connectivity index is 1.84. The summed E-state index contributed by atoms with van der Waals surface area (Å²) in [7, 11) is 0. The molecule has 6 nitrogen and oxygen atoms in total. The van der Waals surface area contributed by atoms with Crippen molar-refractivity contribution in [3.05, 3.63) is 74.8 Å². The van der Waals surface area contributed by atoms with E-state index in [1.165, 1.54) is 18.2 Å². The number of carbonyl (C=O) groups is 1. The lowest BCUT2D eigenvalue weighted by Crippen LogP contribution is -2.34. The van der Waals surface area contributed by atoms with Crippen LogP contribution in [0.4, 0.5) is 5.69 Å². The summed E-state index contributed by atoms with van der Waals surface area (Å²) in [6.45, 7) is 0.123. The fourth-order valence-corrected chi connectivity index (χ4v) is 2.46. The van der Waals surface area contributed by atoms with Crippen molar-refractivity contribution in [1.82, 2.24) is 5.32 Å². The first kappa shape index (κ1) is 17.9. The second kappa shape index (κ2) is 8.42. The van der Waals surface area contributed by atoms with Gasteiger partial charge in [-0.2, -0.15) is 0 Å². The molecule has 0 saturated heterocycles. The summed E-state index contributed by atoms with van der Waals surface area (Å²) in [4.78, 5) is 22.0. The van der Waals surface area contributed by atoms with E-state index in [0.29, 0.717) is 12.0 Å². The van der Waals surface area contributed by atoms with Crippen molar-refractivity contribution in [1.29, 1.82) is 0 Å². The van der Waals surface area contributed by atoms with Gasteiger partial charge in [-0.3, -0.25) is 14.9 Å². The molecular formula is C17H17ClN2O4. The molecule has 0 unspecified atom stereocenters. The number of benzene rings is 2. The number of aliphatic hydroxyl groups is 1. The maximum Gasteiger partial charge on any atom is 0.270 e. The molecule has 0 aromatic heterocycles. The number of nitrogens with zero attached hydrogens (tertiary/aromatic N) is 1. The van der Waals surface area contributed by atoms with E-state index in [-0.39, 0.29) is 29.6 Å². The van der Waals surface area contributed by atoms with Gasteiger partial charge in [-0.25, -0.2) is 0 Å². The lowest BCUT2D eigenvalue weighted by molar-refractivity contribution is -0.384. The van der Waals surface area contributed by atoms with E-state index >= 15 is 0 Å². The lowest BCUT2D eigenvalue weighted by atomic mass is 10.1. The third kappa shape index (κ3) is 5.33. The summed E-state index contributed by atoms with van der Waals surface area (Å²) < 4.78 is 0. The number of rotatable bonds is 7. The second-order valence-electron chi connectivity index (χ2n) is 5.36. The van der Waals surface area contributed by atoms with Crippen LogP contribution >= 0.6 is 11.6 Å². The van der Waals surface area contributed by atoms with Gasteiger partial charge in [-0.1, -0.05) is 48.0 Å². The van der Waals surface area contributed by atoms with Gasteiger partial charge in [0.05, 0.1) is 22.5 Å². The zero-order chi connectivity index (χ0) is 17.5. The van der Waals surface area contributed by atoms with Crippen molar-refractivity contribution in [2.24, 2.45) is 0 Å². The highest BCUT2D eigenvalue weighted by molar-refractivity contribution is 6.31. The predicted octanol–water partition coefficient (Wildman–Crippen LogP) is 2.51. The number of aliphatic hydroxyl groups excluding tert-OH is 1. The van der Waals surface area contributed by atoms with Crippen LogP contribution in [0.15, 0.2) is 48.5 Å². The molecule has 0 heterocycles. The number of non-ortho nitro benzene ring substituents is 1. The van der Waals surface area contributed by atoms with Crippen molar-refractivity contribution in [3.63, 3.8) is 0 Å². The maximum atomic E-state index is 11.9. The first-order valence-corrected chi connectivity index (χ1v) is 7.75. The van der Waals surface area contributed by atoms with Crippen LogP contribution in [-0.2, 0) is 17.6 Å². The fraction of sp³-hybridized carbons (Fsp3) is 0.235. The monoisotopic (exact) mass is 348 g/mol. The minimum atomic E-state index is -0.691. The Labute approximate surface area is 144 Å². The van der Waals surface area contributed by atoms with Crippen molar-refractivity contribution < 1.29 is 14.8 Å². The number of nitro groups is 1. The normalized spacial score (nSPS) is 11.8. The number of carbonyl (C=O) groups excluding carboxylic acids is 1. The molecule has 0 aliphatic rings. The van der Waals surface area contributed by atoms with Crippen LogP contribution in [0.3, 0.4) is 0 Å². The van der Waals surface area contributed by atoms with Gasteiger partial charge in [-0.15, -0.1) is 0 Å². The number of halogens is 1. The highest BCUT2D eigenvalue weighted by Gasteiger charge is 2.13. The van der Waals surface area contributed by atoms with Gasteiger partial charge in [0.1, 0.15) is 0 Å². The second-order valence-corrected chi connectivity index (χ2v) is 5.76. The Morgan fingerprint density at radius 2 is 1.96 bits per heavy atom. The number of hydrogen-bond acceptors (Lipinski definition) is 4. The van der Waals surface area contributed by atoms with Crippen LogP contribution in [0.2, 0.25) is 5.02 Å². The van der Waals surface area contributed by atoms with Gasteiger partial charge >= 0.3 is 0 Å². The van der Waals surface area contributed by atoms with Crippen molar-refractivity contribution in [2.75, 3.05) is 6.54 Å². The average molecular weight is 349 g/mol. The Morgan fingerprint density at radius 3 is 2.58 bits per heavy atom. The van der Waals surface area contributed by atoms with Gasteiger partial charge in [0.15, 0.2) is 0 Å². The molecule has 7 heteroatoms. The van der Waals surface area contributed by atoms with E-state index in [1.807, 2.05) is 30.3 Å². The van der Waals surface area contributed by atoms with Gasteiger partial charge in [-0.05, 0) is 11.1 Å². The Hall–Kier alpha value is -2.44. The number of nitrogens with one attached hydrogen (secondary N) is 1. The molecule has 2 N–H and O–H groups in total. The first-order valence-electron chi connectivity index (χ1n) is 7.37. The van der Waals surface area contributed by atoms with E-state index in [0.717, 1.165) is 5.56 Å². The highest BCUT2D eigenvalue weighted by atomic mass is 35.5. The topological polar surface area (TPSA) is 92.5 Å². The largest absolute Gasteiger partial charge is 0.391 e. The number of nitro benzene ring substituents is 1. The van der Waals surface area contributed by atoms with E-state index in [2.05, 4.69) is 5.32 Å². The summed E-state index contributed by atoms with van der Waals surface area (Å²) >= 11 is 5.95. The fourth-order valence-electron chi connectivity index (χ4n) is 2.22. The summed E-state index contributed by atoms with van der Waals surface area (Å²) in [5, 5.41) is 23.4. The van der Waals surface area contributed by atoms with Crippen LogP contribution in [0.25, 0.3) is 0 Å². The standard InChI is InChI=1S/C17H17ClN2O4/c18-16-10-14(20(23)24)7-6-13(16)9-17(22)19-11-15(21)8-12-4-2-1-3-5-12/h1-7,10,15,21H,8-9,11H2,(H,19,22)/t15-/m1/s1. The van der Waals surface area contributed by atoms with Gasteiger partial charge in [0.2, 0.25) is 5.91 Å². The molecular weight excluding hydrogens is 332 g/mol. The van der Waals surface area contributed by atoms with Gasteiger partial charge in [0, 0.05) is 25.1 Å². The molecule has 1 amide bonds. The van der Waals surface area contributed by atoms with E-state index in [9.17, 15) is 20.0 Å². The van der Waals surface area contributed by atoms with E-state index in [4.69, 9.17) is 11.6 Å². The number of amides is 1. The van der Waals surface area contributed by atoms with Crippen LogP contribution in [0.1, 0.15) is 11.1 Å². The molecule has 24 heavy (non-hydrogen) atoms. The lowest BCUT2D eigenvalue weighted by Gasteiger charge is -2.12. The molecule has 126 valence electrons. The third-order valence-electron chi connectivity index (χ3n) is 3.45. The Bertz CT molecular complexity index is 722. The van der Waals surface area contributed by atoms with Crippen LogP contribution in [0.5, 0.6) is 0 Å². The van der Waals surface area contributed by atoms with E-state index < -0.39 is 11.0 Å². The molecule has 2 aromatic carbocycles. The Kier molecular flexibility index (Phi) is 6.28. The third-order valence-corrected chi connectivity index (χ3v) is 3.80. The van der Waals surface area contributed by atoms with Gasteiger partial charge in [0.25, 0.3) is 5.69 Å².